The molecular formula is C19H14ClN3O3. The Kier molecular flexibility index (Phi) is 3.97. The third-order valence-corrected chi connectivity index (χ3v) is 4.55. The highest BCUT2D eigenvalue weighted by atomic mass is 35.5. The van der Waals surface area contributed by atoms with Crippen LogP contribution in [0.25, 0.3) is 33.7 Å². The molecule has 0 amide bonds. The van der Waals surface area contributed by atoms with E-state index in [0.29, 0.717) is 21.7 Å². The molecule has 0 unspecified atom stereocenters. The highest BCUT2D eigenvalue weighted by Gasteiger charge is 2.21. The summed E-state index contributed by atoms with van der Waals surface area (Å²) in [4.78, 5) is 19.4. The Bertz CT molecular complexity index is 1160. The molecule has 0 radical (unpaired) electrons. The molecule has 130 valence electrons. The van der Waals surface area contributed by atoms with E-state index in [9.17, 15) is 9.90 Å². The molecule has 0 saturated carbocycles. The summed E-state index contributed by atoms with van der Waals surface area (Å²) in [5.41, 5.74) is 1.67. The number of para-hydroxylation sites is 1. The smallest absolute Gasteiger partial charge is 0.267 e. The van der Waals surface area contributed by atoms with E-state index in [1.54, 1.807) is 18.2 Å². The molecule has 0 saturated heterocycles. The minimum Gasteiger partial charge on any atom is -0.506 e. The number of aryl methyl sites for hydroxylation is 1. The Morgan fingerprint density at radius 1 is 1.19 bits per heavy atom. The summed E-state index contributed by atoms with van der Waals surface area (Å²) >= 11 is 6.08. The average molecular weight is 368 g/mol. The molecular weight excluding hydrogens is 354 g/mol. The number of pyridine rings is 1. The summed E-state index contributed by atoms with van der Waals surface area (Å²) in [7, 11) is 0. The van der Waals surface area contributed by atoms with Gasteiger partial charge in [0.15, 0.2) is 0 Å². The van der Waals surface area contributed by atoms with Gasteiger partial charge < -0.3 is 14.6 Å². The molecule has 2 aromatic heterocycles. The fraction of sp³-hybridized carbons (Fsp3) is 0.105. The fourth-order valence-corrected chi connectivity index (χ4v) is 3.02. The van der Waals surface area contributed by atoms with Gasteiger partial charge in [0.25, 0.3) is 11.4 Å². The summed E-state index contributed by atoms with van der Waals surface area (Å²) < 4.78 is 5.23. The summed E-state index contributed by atoms with van der Waals surface area (Å²) in [6.45, 7) is 2.07. The normalized spacial score (nSPS) is 11.2. The zero-order chi connectivity index (χ0) is 18.3. The molecule has 0 spiro atoms. The zero-order valence-corrected chi connectivity index (χ0v) is 14.5. The molecule has 0 atom stereocenters. The van der Waals surface area contributed by atoms with Crippen LogP contribution in [-0.2, 0) is 6.42 Å². The Morgan fingerprint density at radius 3 is 2.69 bits per heavy atom. The highest BCUT2D eigenvalue weighted by Crippen LogP contribution is 2.34. The van der Waals surface area contributed by atoms with Crippen LogP contribution < -0.4 is 5.56 Å². The van der Waals surface area contributed by atoms with Crippen LogP contribution in [0.1, 0.15) is 12.5 Å². The largest absolute Gasteiger partial charge is 0.506 e. The van der Waals surface area contributed by atoms with Crippen LogP contribution >= 0.6 is 11.6 Å². The number of hydrogen-bond donors (Lipinski definition) is 2. The second-order valence-electron chi connectivity index (χ2n) is 5.81. The second kappa shape index (κ2) is 6.31. The lowest BCUT2D eigenvalue weighted by Gasteiger charge is -2.05. The van der Waals surface area contributed by atoms with Crippen molar-refractivity contribution in [3.8, 4) is 28.6 Å². The fourth-order valence-electron chi connectivity index (χ4n) is 2.80. The molecule has 2 heterocycles. The van der Waals surface area contributed by atoms with Crippen LogP contribution in [0, 0.1) is 0 Å². The van der Waals surface area contributed by atoms with Gasteiger partial charge in [0.05, 0.1) is 10.5 Å². The first-order valence-electron chi connectivity index (χ1n) is 8.05. The van der Waals surface area contributed by atoms with Gasteiger partial charge in [-0.2, -0.15) is 4.98 Å². The number of hydrogen-bond acceptors (Lipinski definition) is 5. The minimum absolute atomic E-state index is 0.0554. The van der Waals surface area contributed by atoms with Gasteiger partial charge in [0.2, 0.25) is 5.82 Å². The molecule has 4 rings (SSSR count). The van der Waals surface area contributed by atoms with Crippen molar-refractivity contribution >= 4 is 22.5 Å². The molecule has 0 aliphatic carbocycles. The first kappa shape index (κ1) is 16.4. The van der Waals surface area contributed by atoms with Crippen molar-refractivity contribution in [1.29, 1.82) is 0 Å². The summed E-state index contributed by atoms with van der Waals surface area (Å²) in [6.07, 6.45) is 0.931. The zero-order valence-electron chi connectivity index (χ0n) is 13.8. The van der Waals surface area contributed by atoms with Crippen LogP contribution in [0.15, 0.2) is 51.8 Å². The highest BCUT2D eigenvalue weighted by molar-refractivity contribution is 6.35. The molecule has 0 aliphatic heterocycles. The summed E-state index contributed by atoms with van der Waals surface area (Å²) in [5, 5.41) is 15.2. The van der Waals surface area contributed by atoms with E-state index < -0.39 is 5.56 Å². The third kappa shape index (κ3) is 2.64. The van der Waals surface area contributed by atoms with Gasteiger partial charge in [0.1, 0.15) is 11.3 Å². The number of benzene rings is 2. The molecule has 0 bridgehead atoms. The van der Waals surface area contributed by atoms with Crippen molar-refractivity contribution in [2.24, 2.45) is 0 Å². The molecule has 0 aliphatic rings. The van der Waals surface area contributed by atoms with E-state index in [1.807, 2.05) is 24.3 Å². The van der Waals surface area contributed by atoms with E-state index in [1.165, 1.54) is 5.56 Å². The van der Waals surface area contributed by atoms with Crippen LogP contribution in [0.5, 0.6) is 5.75 Å². The third-order valence-electron chi connectivity index (χ3n) is 4.23. The summed E-state index contributed by atoms with van der Waals surface area (Å²) in [5.74, 6) is 0.0376. The van der Waals surface area contributed by atoms with E-state index in [4.69, 9.17) is 16.1 Å². The average Bonchev–Trinajstić information content (AvgIpc) is 3.12. The van der Waals surface area contributed by atoms with E-state index in [-0.39, 0.29) is 17.2 Å². The molecule has 4 aromatic rings. The maximum absolute atomic E-state index is 12.4. The van der Waals surface area contributed by atoms with Gasteiger partial charge >= 0.3 is 0 Å². The first-order valence-corrected chi connectivity index (χ1v) is 8.43. The maximum Gasteiger partial charge on any atom is 0.267 e. The Balaban J connectivity index is 1.84. The monoisotopic (exact) mass is 367 g/mol. The number of H-pyrrole nitrogens is 1. The van der Waals surface area contributed by atoms with Crippen molar-refractivity contribution in [2.75, 3.05) is 0 Å². The van der Waals surface area contributed by atoms with Gasteiger partial charge in [0, 0.05) is 10.9 Å². The number of nitrogens with one attached hydrogen (secondary N) is 1. The predicted molar refractivity (Wildman–Crippen MR) is 99.3 cm³/mol. The Morgan fingerprint density at radius 2 is 1.96 bits per heavy atom. The van der Waals surface area contributed by atoms with E-state index >= 15 is 0 Å². The van der Waals surface area contributed by atoms with Gasteiger partial charge in [-0.1, -0.05) is 54.0 Å². The Hall–Kier alpha value is -3.12. The van der Waals surface area contributed by atoms with Crippen molar-refractivity contribution in [2.45, 2.75) is 13.3 Å². The number of nitrogens with zero attached hydrogens (tertiary/aromatic N) is 2. The van der Waals surface area contributed by atoms with Crippen molar-refractivity contribution in [1.82, 2.24) is 15.1 Å². The van der Waals surface area contributed by atoms with Gasteiger partial charge in [-0.25, -0.2) is 0 Å². The molecule has 26 heavy (non-hydrogen) atoms. The molecule has 2 aromatic carbocycles. The van der Waals surface area contributed by atoms with Crippen LogP contribution in [-0.4, -0.2) is 20.2 Å². The van der Waals surface area contributed by atoms with Crippen molar-refractivity contribution in [3.63, 3.8) is 0 Å². The van der Waals surface area contributed by atoms with Crippen molar-refractivity contribution in [3.05, 3.63) is 63.4 Å². The molecule has 7 heteroatoms. The quantitative estimate of drug-likeness (QED) is 0.567. The Labute approximate surface area is 153 Å². The van der Waals surface area contributed by atoms with Gasteiger partial charge in [-0.3, -0.25) is 4.79 Å². The topological polar surface area (TPSA) is 92.0 Å². The molecule has 2 N–H and O–H groups in total. The molecule has 0 fully saturated rings. The van der Waals surface area contributed by atoms with Crippen molar-refractivity contribution < 1.29 is 9.63 Å². The number of halogens is 1. The van der Waals surface area contributed by atoms with Crippen LogP contribution in [0.4, 0.5) is 0 Å². The first-order chi connectivity index (χ1) is 12.6. The number of aromatic amines is 1. The SMILES string of the molecule is CCc1ccc(-c2noc(-c3c(O)c4cccc(Cl)c4[nH]c3=O)n2)cc1. The molecule has 6 nitrogen and oxygen atoms in total. The van der Waals surface area contributed by atoms with E-state index in [0.717, 1.165) is 12.0 Å². The lowest BCUT2D eigenvalue weighted by Crippen LogP contribution is -2.09. The maximum atomic E-state index is 12.4. The predicted octanol–water partition coefficient (Wildman–Crippen LogP) is 4.17. The minimum atomic E-state index is -0.556. The van der Waals surface area contributed by atoms with E-state index in [2.05, 4.69) is 22.0 Å². The summed E-state index contributed by atoms with van der Waals surface area (Å²) in [6, 6.07) is 12.7. The second-order valence-corrected chi connectivity index (χ2v) is 6.22. The van der Waals surface area contributed by atoms with Gasteiger partial charge in [-0.05, 0) is 24.1 Å². The lowest BCUT2D eigenvalue weighted by atomic mass is 10.1. The number of fused-ring (bicyclic) bond motifs is 1. The lowest BCUT2D eigenvalue weighted by molar-refractivity contribution is 0.426. The standard InChI is InChI=1S/C19H14ClN3O3/c1-2-10-6-8-11(9-7-10)17-22-19(26-23-17)14-16(24)12-4-3-5-13(20)15(12)21-18(14)25/h3-9H,2H2,1H3,(H2,21,24,25). The number of aromatic nitrogens is 3. The van der Waals surface area contributed by atoms with Gasteiger partial charge in [-0.15, -0.1) is 0 Å². The number of aromatic hydroxyl groups is 1. The van der Waals surface area contributed by atoms with Crippen LogP contribution in [0.3, 0.4) is 0 Å². The van der Waals surface area contributed by atoms with Crippen LogP contribution in [0.2, 0.25) is 5.02 Å². The number of rotatable bonds is 3.